The Hall–Kier alpha value is -2.11. The average Bonchev–Trinajstić information content (AvgIpc) is 2.47. The number of hydrogen-bond acceptors (Lipinski definition) is 4. The number of nitrogens with two attached hydrogens (primary N) is 1. The number of nitrogens with one attached hydrogen (secondary N) is 1. The standard InChI is InChI=1S/C15H25N5O/c1-5-20(6-2)15(21)13-10-12(7-8-18-13)19(4)11(3)9-14(16)17/h7-8,10-11H,5-6,9H2,1-4H3,(H3,16,17). The Morgan fingerprint density at radius 1 is 1.43 bits per heavy atom. The number of amides is 1. The highest BCUT2D eigenvalue weighted by Crippen LogP contribution is 2.17. The molecule has 0 aliphatic carbocycles. The summed E-state index contributed by atoms with van der Waals surface area (Å²) in [5, 5.41) is 7.38. The van der Waals surface area contributed by atoms with Crippen molar-refractivity contribution in [1.82, 2.24) is 9.88 Å². The molecule has 0 fully saturated rings. The predicted octanol–water partition coefficient (Wildman–Crippen LogP) is 1.71. The van der Waals surface area contributed by atoms with Gasteiger partial charge in [-0.1, -0.05) is 0 Å². The van der Waals surface area contributed by atoms with Gasteiger partial charge in [-0.2, -0.15) is 0 Å². The summed E-state index contributed by atoms with van der Waals surface area (Å²) in [7, 11) is 1.93. The molecule has 1 aromatic rings. The van der Waals surface area contributed by atoms with Gasteiger partial charge in [-0.05, 0) is 32.9 Å². The normalized spacial score (nSPS) is 11.8. The number of nitrogens with zero attached hydrogens (tertiary/aromatic N) is 3. The van der Waals surface area contributed by atoms with Crippen LogP contribution in [0.4, 0.5) is 5.69 Å². The lowest BCUT2D eigenvalue weighted by Gasteiger charge is -2.27. The van der Waals surface area contributed by atoms with E-state index in [1.54, 1.807) is 17.2 Å². The Morgan fingerprint density at radius 2 is 2.05 bits per heavy atom. The highest BCUT2D eigenvalue weighted by molar-refractivity contribution is 5.93. The van der Waals surface area contributed by atoms with Crippen molar-refractivity contribution in [1.29, 1.82) is 5.41 Å². The van der Waals surface area contributed by atoms with E-state index in [0.29, 0.717) is 25.2 Å². The van der Waals surface area contributed by atoms with Gasteiger partial charge in [0.1, 0.15) is 5.69 Å². The van der Waals surface area contributed by atoms with Crippen LogP contribution in [0.2, 0.25) is 0 Å². The van der Waals surface area contributed by atoms with Crippen LogP contribution >= 0.6 is 0 Å². The van der Waals surface area contributed by atoms with E-state index in [1.165, 1.54) is 0 Å². The van der Waals surface area contributed by atoms with Gasteiger partial charge in [0.25, 0.3) is 5.91 Å². The van der Waals surface area contributed by atoms with Crippen molar-refractivity contribution in [2.75, 3.05) is 25.0 Å². The van der Waals surface area contributed by atoms with E-state index < -0.39 is 0 Å². The fourth-order valence-electron chi connectivity index (χ4n) is 2.14. The third-order valence-corrected chi connectivity index (χ3v) is 3.60. The minimum Gasteiger partial charge on any atom is -0.388 e. The number of anilines is 1. The number of amidine groups is 1. The molecule has 0 saturated heterocycles. The van der Waals surface area contributed by atoms with Gasteiger partial charge in [-0.3, -0.25) is 15.2 Å². The monoisotopic (exact) mass is 291 g/mol. The quantitative estimate of drug-likeness (QED) is 0.591. The first kappa shape index (κ1) is 16.9. The summed E-state index contributed by atoms with van der Waals surface area (Å²) >= 11 is 0. The molecule has 1 unspecified atom stereocenters. The van der Waals surface area contributed by atoms with Gasteiger partial charge in [0.2, 0.25) is 0 Å². The van der Waals surface area contributed by atoms with Gasteiger partial charge in [0.15, 0.2) is 0 Å². The molecule has 3 N–H and O–H groups in total. The maximum Gasteiger partial charge on any atom is 0.272 e. The average molecular weight is 291 g/mol. The van der Waals surface area contributed by atoms with Crippen LogP contribution in [-0.2, 0) is 0 Å². The van der Waals surface area contributed by atoms with Gasteiger partial charge in [0, 0.05) is 44.5 Å². The van der Waals surface area contributed by atoms with E-state index in [1.807, 2.05) is 38.8 Å². The van der Waals surface area contributed by atoms with E-state index in [4.69, 9.17) is 11.1 Å². The van der Waals surface area contributed by atoms with Crippen molar-refractivity contribution < 1.29 is 4.79 Å². The molecule has 1 aromatic heterocycles. The molecule has 0 aliphatic heterocycles. The zero-order valence-corrected chi connectivity index (χ0v) is 13.3. The van der Waals surface area contributed by atoms with Crippen LogP contribution in [0, 0.1) is 5.41 Å². The van der Waals surface area contributed by atoms with Crippen LogP contribution in [0.3, 0.4) is 0 Å². The Balaban J connectivity index is 2.94. The molecule has 1 heterocycles. The summed E-state index contributed by atoms with van der Waals surface area (Å²) in [6.07, 6.45) is 2.13. The summed E-state index contributed by atoms with van der Waals surface area (Å²) in [6, 6.07) is 3.73. The first-order valence-electron chi connectivity index (χ1n) is 7.21. The number of carbonyl (C=O) groups excluding carboxylic acids is 1. The Morgan fingerprint density at radius 3 is 2.57 bits per heavy atom. The highest BCUT2D eigenvalue weighted by atomic mass is 16.2. The Bertz CT molecular complexity index is 499. The van der Waals surface area contributed by atoms with Crippen LogP contribution in [0.25, 0.3) is 0 Å². The van der Waals surface area contributed by atoms with Crippen molar-refractivity contribution in [3.8, 4) is 0 Å². The summed E-state index contributed by atoms with van der Waals surface area (Å²) in [4.78, 5) is 20.2. The minimum atomic E-state index is -0.0607. The number of carbonyl (C=O) groups is 1. The zero-order chi connectivity index (χ0) is 16.0. The van der Waals surface area contributed by atoms with Gasteiger partial charge < -0.3 is 15.5 Å². The second-order valence-corrected chi connectivity index (χ2v) is 5.07. The molecular weight excluding hydrogens is 266 g/mol. The maximum atomic E-state index is 12.3. The molecule has 0 aromatic carbocycles. The van der Waals surface area contributed by atoms with Crippen LogP contribution in [0.5, 0.6) is 0 Å². The number of rotatable bonds is 7. The molecule has 0 bridgehead atoms. The number of hydrogen-bond donors (Lipinski definition) is 2. The first-order valence-corrected chi connectivity index (χ1v) is 7.21. The highest BCUT2D eigenvalue weighted by Gasteiger charge is 2.17. The topological polar surface area (TPSA) is 86.3 Å². The molecule has 21 heavy (non-hydrogen) atoms. The van der Waals surface area contributed by atoms with Gasteiger partial charge >= 0.3 is 0 Å². The van der Waals surface area contributed by atoms with Crippen LogP contribution < -0.4 is 10.6 Å². The molecule has 1 atom stereocenters. The van der Waals surface area contributed by atoms with E-state index in [0.717, 1.165) is 5.69 Å². The lowest BCUT2D eigenvalue weighted by atomic mass is 10.1. The molecule has 6 heteroatoms. The van der Waals surface area contributed by atoms with E-state index in [-0.39, 0.29) is 17.8 Å². The van der Waals surface area contributed by atoms with Gasteiger partial charge in [0.05, 0.1) is 5.84 Å². The SMILES string of the molecule is CCN(CC)C(=O)c1cc(N(C)C(C)CC(=N)N)ccn1. The summed E-state index contributed by atoms with van der Waals surface area (Å²) in [5.74, 6) is 0.0947. The Labute approximate surface area is 126 Å². The third kappa shape index (κ3) is 4.44. The smallest absolute Gasteiger partial charge is 0.272 e. The largest absolute Gasteiger partial charge is 0.388 e. The van der Waals surface area contributed by atoms with Crippen molar-refractivity contribution >= 4 is 17.4 Å². The summed E-state index contributed by atoms with van der Waals surface area (Å²) in [6.45, 7) is 7.22. The maximum absolute atomic E-state index is 12.3. The third-order valence-electron chi connectivity index (χ3n) is 3.60. The predicted molar refractivity (Wildman–Crippen MR) is 85.9 cm³/mol. The van der Waals surface area contributed by atoms with Gasteiger partial charge in [-0.15, -0.1) is 0 Å². The summed E-state index contributed by atoms with van der Waals surface area (Å²) in [5.41, 5.74) is 6.79. The van der Waals surface area contributed by atoms with E-state index in [9.17, 15) is 4.79 Å². The number of pyridine rings is 1. The van der Waals surface area contributed by atoms with Gasteiger partial charge in [-0.25, -0.2) is 0 Å². The lowest BCUT2D eigenvalue weighted by molar-refractivity contribution is 0.0767. The van der Waals surface area contributed by atoms with Crippen LogP contribution in [0.1, 0.15) is 37.7 Å². The van der Waals surface area contributed by atoms with E-state index in [2.05, 4.69) is 4.98 Å². The second-order valence-electron chi connectivity index (χ2n) is 5.07. The molecular formula is C15H25N5O. The van der Waals surface area contributed by atoms with Crippen LogP contribution in [-0.4, -0.2) is 47.8 Å². The van der Waals surface area contributed by atoms with Crippen molar-refractivity contribution in [2.45, 2.75) is 33.2 Å². The number of aromatic nitrogens is 1. The fourth-order valence-corrected chi connectivity index (χ4v) is 2.14. The van der Waals surface area contributed by atoms with E-state index >= 15 is 0 Å². The van der Waals surface area contributed by atoms with Crippen molar-refractivity contribution in [2.24, 2.45) is 5.73 Å². The molecule has 1 amide bonds. The first-order chi connectivity index (χ1) is 9.90. The summed E-state index contributed by atoms with van der Waals surface area (Å²) < 4.78 is 0. The molecule has 6 nitrogen and oxygen atoms in total. The molecule has 0 aliphatic rings. The minimum absolute atomic E-state index is 0.0607. The zero-order valence-electron chi connectivity index (χ0n) is 13.3. The van der Waals surface area contributed by atoms with Crippen molar-refractivity contribution in [3.05, 3.63) is 24.0 Å². The molecule has 0 radical (unpaired) electrons. The van der Waals surface area contributed by atoms with Crippen LogP contribution in [0.15, 0.2) is 18.3 Å². The molecule has 0 spiro atoms. The molecule has 1 rings (SSSR count). The fraction of sp³-hybridized carbons (Fsp3) is 0.533. The van der Waals surface area contributed by atoms with Crippen molar-refractivity contribution in [3.63, 3.8) is 0 Å². The molecule has 116 valence electrons. The second kappa shape index (κ2) is 7.61. The Kier molecular flexibility index (Phi) is 6.14. The lowest BCUT2D eigenvalue weighted by Crippen LogP contribution is -2.34. The molecule has 0 saturated carbocycles.